The van der Waals surface area contributed by atoms with E-state index in [1.165, 1.54) is 22.2 Å². The normalized spacial score (nSPS) is 11.5. The van der Waals surface area contributed by atoms with E-state index in [4.69, 9.17) is 0 Å². The van der Waals surface area contributed by atoms with Crippen LogP contribution in [-0.2, 0) is 12.7 Å². The Labute approximate surface area is 152 Å². The lowest BCUT2D eigenvalue weighted by Crippen LogP contribution is -2.11. The summed E-state index contributed by atoms with van der Waals surface area (Å²) in [5.41, 5.74) is -0.252. The van der Waals surface area contributed by atoms with Gasteiger partial charge in [0.15, 0.2) is 5.69 Å². The Morgan fingerprint density at radius 2 is 2.12 bits per heavy atom. The van der Waals surface area contributed by atoms with Gasteiger partial charge in [-0.15, -0.1) is 11.3 Å². The van der Waals surface area contributed by atoms with E-state index >= 15 is 0 Å². The van der Waals surface area contributed by atoms with E-state index in [-0.39, 0.29) is 12.5 Å². The summed E-state index contributed by atoms with van der Waals surface area (Å²) in [6, 6.07) is 5.93. The van der Waals surface area contributed by atoms with E-state index in [2.05, 4.69) is 31.3 Å². The number of alkyl halides is 3. The average Bonchev–Trinajstić information content (AvgIpc) is 3.19. The molecule has 3 aromatic heterocycles. The lowest BCUT2D eigenvalue weighted by Gasteiger charge is -2.02. The van der Waals surface area contributed by atoms with E-state index in [0.29, 0.717) is 16.3 Å². The zero-order valence-electron chi connectivity index (χ0n) is 12.4. The monoisotopic (exact) mass is 430 g/mol. The molecule has 0 unspecified atom stereocenters. The van der Waals surface area contributed by atoms with Crippen molar-refractivity contribution in [2.75, 3.05) is 5.32 Å². The molecule has 10 heteroatoms. The number of amides is 1. The van der Waals surface area contributed by atoms with Crippen molar-refractivity contribution < 1.29 is 18.0 Å². The molecular weight excluding hydrogens is 421 g/mol. The lowest BCUT2D eigenvalue weighted by molar-refractivity contribution is -0.141. The van der Waals surface area contributed by atoms with Crippen LogP contribution in [0.1, 0.15) is 20.9 Å². The van der Waals surface area contributed by atoms with E-state index in [9.17, 15) is 18.0 Å². The molecule has 130 valence electrons. The van der Waals surface area contributed by atoms with E-state index in [1.54, 1.807) is 29.8 Å². The van der Waals surface area contributed by atoms with Crippen LogP contribution < -0.4 is 5.32 Å². The number of carbonyl (C=O) groups is 1. The second kappa shape index (κ2) is 6.96. The number of aromatic nitrogens is 3. The minimum atomic E-state index is -4.47. The zero-order valence-corrected chi connectivity index (χ0v) is 14.8. The lowest BCUT2D eigenvalue weighted by atomic mass is 10.3. The maximum absolute atomic E-state index is 12.5. The highest BCUT2D eigenvalue weighted by molar-refractivity contribution is 9.10. The average molecular weight is 431 g/mol. The fourth-order valence-corrected chi connectivity index (χ4v) is 3.03. The first-order valence-electron chi connectivity index (χ1n) is 6.92. The summed E-state index contributed by atoms with van der Waals surface area (Å²) in [5.74, 6) is 0.0764. The Morgan fingerprint density at radius 1 is 1.32 bits per heavy atom. The van der Waals surface area contributed by atoms with Crippen molar-refractivity contribution in [2.45, 2.75) is 12.7 Å². The third-order valence-corrected chi connectivity index (χ3v) is 4.57. The number of pyridine rings is 1. The highest BCUT2D eigenvalue weighted by atomic mass is 79.9. The standard InChI is InChI=1S/C15H10BrF3N4OS/c16-10-1-2-13(20-6-10)21-14(24)11-5-9(8-25-11)7-23-4-3-12(22-23)15(17,18)19/h1-6,8H,7H2,(H,20,21,24). The highest BCUT2D eigenvalue weighted by Crippen LogP contribution is 2.27. The molecule has 0 radical (unpaired) electrons. The van der Waals surface area contributed by atoms with Crippen LogP contribution in [0.2, 0.25) is 0 Å². The number of hydrogen-bond donors (Lipinski definition) is 1. The van der Waals surface area contributed by atoms with Crippen molar-refractivity contribution in [1.82, 2.24) is 14.8 Å². The number of halogens is 4. The predicted octanol–water partition coefficient (Wildman–Crippen LogP) is 4.42. The number of anilines is 1. The van der Waals surface area contributed by atoms with Crippen molar-refractivity contribution in [2.24, 2.45) is 0 Å². The van der Waals surface area contributed by atoms with E-state index in [1.807, 2.05) is 0 Å². The molecule has 0 saturated carbocycles. The first kappa shape index (κ1) is 17.6. The third kappa shape index (κ3) is 4.45. The molecule has 3 heterocycles. The molecular formula is C15H10BrF3N4OS. The molecule has 0 aliphatic heterocycles. The SMILES string of the molecule is O=C(Nc1ccc(Br)cn1)c1cc(Cn2ccc(C(F)(F)F)n2)cs1. The van der Waals surface area contributed by atoms with Gasteiger partial charge in [-0.2, -0.15) is 18.3 Å². The fraction of sp³-hybridized carbons (Fsp3) is 0.133. The van der Waals surface area contributed by atoms with Gasteiger partial charge in [0.25, 0.3) is 5.91 Å². The molecule has 0 spiro atoms. The summed E-state index contributed by atoms with van der Waals surface area (Å²) in [6.07, 6.45) is -1.65. The van der Waals surface area contributed by atoms with Gasteiger partial charge in [0.1, 0.15) is 5.82 Å². The Balaban J connectivity index is 1.66. The van der Waals surface area contributed by atoms with Gasteiger partial charge in [0.05, 0.1) is 11.4 Å². The van der Waals surface area contributed by atoms with Crippen LogP contribution in [0, 0.1) is 0 Å². The van der Waals surface area contributed by atoms with Gasteiger partial charge in [-0.25, -0.2) is 4.98 Å². The second-order valence-electron chi connectivity index (χ2n) is 5.03. The Bertz CT molecular complexity index is 889. The molecule has 0 fully saturated rings. The molecule has 3 aromatic rings. The van der Waals surface area contributed by atoms with Crippen LogP contribution in [0.15, 0.2) is 46.5 Å². The van der Waals surface area contributed by atoms with Gasteiger partial charge in [0.2, 0.25) is 0 Å². The minimum absolute atomic E-state index is 0.149. The van der Waals surface area contributed by atoms with E-state index in [0.717, 1.165) is 10.5 Å². The maximum Gasteiger partial charge on any atom is 0.435 e. The number of carbonyl (C=O) groups excluding carboxylic acids is 1. The molecule has 5 nitrogen and oxygen atoms in total. The van der Waals surface area contributed by atoms with Gasteiger partial charge < -0.3 is 5.32 Å². The van der Waals surface area contributed by atoms with Gasteiger partial charge >= 0.3 is 6.18 Å². The summed E-state index contributed by atoms with van der Waals surface area (Å²) < 4.78 is 39.6. The molecule has 3 rings (SSSR count). The first-order valence-corrected chi connectivity index (χ1v) is 8.59. The van der Waals surface area contributed by atoms with E-state index < -0.39 is 11.9 Å². The van der Waals surface area contributed by atoms with Crippen molar-refractivity contribution in [1.29, 1.82) is 0 Å². The maximum atomic E-state index is 12.5. The Morgan fingerprint density at radius 3 is 2.76 bits per heavy atom. The minimum Gasteiger partial charge on any atom is -0.306 e. The van der Waals surface area contributed by atoms with Crippen molar-refractivity contribution in [3.8, 4) is 0 Å². The van der Waals surface area contributed by atoms with Crippen molar-refractivity contribution >= 4 is 39.0 Å². The molecule has 0 bridgehead atoms. The van der Waals surface area contributed by atoms with Gasteiger partial charge in [-0.3, -0.25) is 9.48 Å². The summed E-state index contributed by atoms with van der Waals surface area (Å²) in [5, 5.41) is 7.85. The summed E-state index contributed by atoms with van der Waals surface area (Å²) in [7, 11) is 0. The van der Waals surface area contributed by atoms with Crippen molar-refractivity contribution in [3.05, 3.63) is 62.6 Å². The molecule has 1 amide bonds. The Kier molecular flexibility index (Phi) is 4.91. The molecule has 1 N–H and O–H groups in total. The van der Waals surface area contributed by atoms with Crippen LogP contribution in [0.3, 0.4) is 0 Å². The zero-order chi connectivity index (χ0) is 18.0. The summed E-state index contributed by atoms with van der Waals surface area (Å²) in [4.78, 5) is 16.7. The topological polar surface area (TPSA) is 59.8 Å². The van der Waals surface area contributed by atoms with Crippen LogP contribution in [0.4, 0.5) is 19.0 Å². The molecule has 0 atom stereocenters. The van der Waals surface area contributed by atoms with Crippen LogP contribution in [-0.4, -0.2) is 20.7 Å². The number of thiophene rings is 1. The third-order valence-electron chi connectivity index (χ3n) is 3.12. The smallest absolute Gasteiger partial charge is 0.306 e. The van der Waals surface area contributed by atoms with Gasteiger partial charge in [0, 0.05) is 16.9 Å². The molecule has 0 aliphatic carbocycles. The quantitative estimate of drug-likeness (QED) is 0.666. The number of rotatable bonds is 4. The Hall–Kier alpha value is -2.20. The second-order valence-corrected chi connectivity index (χ2v) is 6.86. The largest absolute Gasteiger partial charge is 0.435 e. The fourth-order valence-electron chi connectivity index (χ4n) is 1.99. The van der Waals surface area contributed by atoms with Gasteiger partial charge in [-0.05, 0) is 51.1 Å². The predicted molar refractivity (Wildman–Crippen MR) is 90.5 cm³/mol. The summed E-state index contributed by atoms with van der Waals surface area (Å²) >= 11 is 4.45. The number of nitrogens with one attached hydrogen (secondary N) is 1. The molecule has 0 aromatic carbocycles. The highest BCUT2D eigenvalue weighted by Gasteiger charge is 2.33. The van der Waals surface area contributed by atoms with Crippen LogP contribution in [0.25, 0.3) is 0 Å². The summed E-state index contributed by atoms with van der Waals surface area (Å²) in [6.45, 7) is 0.149. The van der Waals surface area contributed by atoms with Gasteiger partial charge in [-0.1, -0.05) is 0 Å². The molecule has 25 heavy (non-hydrogen) atoms. The number of hydrogen-bond acceptors (Lipinski definition) is 4. The van der Waals surface area contributed by atoms with Crippen LogP contribution >= 0.6 is 27.3 Å². The first-order chi connectivity index (χ1) is 11.8. The molecule has 0 saturated heterocycles. The van der Waals surface area contributed by atoms with Crippen molar-refractivity contribution in [3.63, 3.8) is 0 Å². The molecule has 0 aliphatic rings. The van der Waals surface area contributed by atoms with Crippen LogP contribution in [0.5, 0.6) is 0 Å². The number of nitrogens with zero attached hydrogens (tertiary/aromatic N) is 3.